The van der Waals surface area contributed by atoms with Crippen LogP contribution in [0.25, 0.3) is 0 Å². The summed E-state index contributed by atoms with van der Waals surface area (Å²) in [7, 11) is 0. The molecule has 1 N–H and O–H groups in total. The molecule has 1 aliphatic heterocycles. The molecule has 0 saturated carbocycles. The number of carbonyl (C=O) groups is 2. The third-order valence-electron chi connectivity index (χ3n) is 3.23. The van der Waals surface area contributed by atoms with E-state index in [1.54, 1.807) is 0 Å². The Kier molecular flexibility index (Phi) is 2.74. The SMILES string of the molecule is CCC(C)C1(C)CC(=O)CNC1=O. The third kappa shape index (κ3) is 1.74. The van der Waals surface area contributed by atoms with Gasteiger partial charge in [0.05, 0.1) is 12.0 Å². The first-order valence-electron chi connectivity index (χ1n) is 4.80. The molecule has 1 rings (SSSR count). The lowest BCUT2D eigenvalue weighted by atomic mass is 9.71. The van der Waals surface area contributed by atoms with Crippen LogP contribution in [-0.2, 0) is 9.59 Å². The number of ketones is 1. The van der Waals surface area contributed by atoms with E-state index >= 15 is 0 Å². The summed E-state index contributed by atoms with van der Waals surface area (Å²) < 4.78 is 0. The predicted octanol–water partition coefficient (Wildman–Crippen LogP) is 1.13. The number of carbonyl (C=O) groups excluding carboxylic acids is 2. The van der Waals surface area contributed by atoms with Crippen molar-refractivity contribution >= 4 is 11.7 Å². The highest BCUT2D eigenvalue weighted by Gasteiger charge is 2.42. The van der Waals surface area contributed by atoms with Gasteiger partial charge in [0, 0.05) is 6.42 Å². The van der Waals surface area contributed by atoms with Gasteiger partial charge in [0.25, 0.3) is 0 Å². The molecule has 0 aliphatic carbocycles. The Bertz CT molecular complexity index is 237. The lowest BCUT2D eigenvalue weighted by Gasteiger charge is -2.36. The highest BCUT2D eigenvalue weighted by molar-refractivity contribution is 5.96. The zero-order valence-corrected chi connectivity index (χ0v) is 8.52. The van der Waals surface area contributed by atoms with E-state index in [1.807, 2.05) is 20.8 Å². The molecule has 1 heterocycles. The zero-order valence-electron chi connectivity index (χ0n) is 8.52. The number of Topliss-reactive ketones (excluding diaryl/α,β-unsaturated/α-hetero) is 1. The Labute approximate surface area is 78.9 Å². The largest absolute Gasteiger partial charge is 0.349 e. The molecule has 0 aromatic carbocycles. The van der Waals surface area contributed by atoms with Crippen LogP contribution >= 0.6 is 0 Å². The van der Waals surface area contributed by atoms with Gasteiger partial charge in [0.15, 0.2) is 5.78 Å². The zero-order chi connectivity index (χ0) is 10.1. The molecule has 0 aromatic rings. The lowest BCUT2D eigenvalue weighted by Crippen LogP contribution is -2.51. The molecule has 1 saturated heterocycles. The minimum Gasteiger partial charge on any atom is -0.349 e. The molecule has 2 unspecified atom stereocenters. The molecule has 1 amide bonds. The highest BCUT2D eigenvalue weighted by atomic mass is 16.2. The van der Waals surface area contributed by atoms with Crippen LogP contribution < -0.4 is 5.32 Å². The van der Waals surface area contributed by atoms with E-state index < -0.39 is 5.41 Å². The van der Waals surface area contributed by atoms with Crippen LogP contribution in [0.1, 0.15) is 33.6 Å². The average Bonchev–Trinajstić information content (AvgIpc) is 2.10. The van der Waals surface area contributed by atoms with E-state index in [0.717, 1.165) is 6.42 Å². The van der Waals surface area contributed by atoms with E-state index in [9.17, 15) is 9.59 Å². The molecule has 0 spiro atoms. The molecular weight excluding hydrogens is 166 g/mol. The van der Waals surface area contributed by atoms with Gasteiger partial charge in [-0.3, -0.25) is 9.59 Å². The van der Waals surface area contributed by atoms with Crippen molar-refractivity contribution in [2.45, 2.75) is 33.6 Å². The number of amides is 1. The molecule has 2 atom stereocenters. The molecule has 74 valence electrons. The number of hydrogen-bond acceptors (Lipinski definition) is 2. The van der Waals surface area contributed by atoms with Gasteiger partial charge in [-0.05, 0) is 5.92 Å². The smallest absolute Gasteiger partial charge is 0.227 e. The molecule has 0 radical (unpaired) electrons. The van der Waals surface area contributed by atoms with E-state index in [-0.39, 0.29) is 24.2 Å². The Morgan fingerprint density at radius 2 is 2.15 bits per heavy atom. The van der Waals surface area contributed by atoms with Crippen LogP contribution in [-0.4, -0.2) is 18.2 Å². The van der Waals surface area contributed by atoms with Gasteiger partial charge < -0.3 is 5.32 Å². The van der Waals surface area contributed by atoms with Gasteiger partial charge >= 0.3 is 0 Å². The van der Waals surface area contributed by atoms with Crippen LogP contribution in [0.3, 0.4) is 0 Å². The molecule has 1 fully saturated rings. The molecule has 3 heteroatoms. The molecular formula is C10H17NO2. The minimum atomic E-state index is -0.482. The van der Waals surface area contributed by atoms with Crippen LogP contribution in [0.15, 0.2) is 0 Å². The Morgan fingerprint density at radius 1 is 1.54 bits per heavy atom. The molecule has 1 aliphatic rings. The van der Waals surface area contributed by atoms with Gasteiger partial charge in [0.1, 0.15) is 0 Å². The molecule has 0 bridgehead atoms. The Morgan fingerprint density at radius 3 is 2.69 bits per heavy atom. The van der Waals surface area contributed by atoms with Crippen LogP contribution in [0.5, 0.6) is 0 Å². The van der Waals surface area contributed by atoms with Gasteiger partial charge in [-0.25, -0.2) is 0 Å². The average molecular weight is 183 g/mol. The molecule has 0 aromatic heterocycles. The lowest BCUT2D eigenvalue weighted by molar-refractivity contribution is -0.142. The first-order chi connectivity index (χ1) is 6.00. The fourth-order valence-corrected chi connectivity index (χ4v) is 1.78. The van der Waals surface area contributed by atoms with Gasteiger partial charge in [-0.2, -0.15) is 0 Å². The summed E-state index contributed by atoms with van der Waals surface area (Å²) in [6, 6.07) is 0. The van der Waals surface area contributed by atoms with Crippen molar-refractivity contribution in [3.8, 4) is 0 Å². The van der Waals surface area contributed by atoms with Crippen LogP contribution in [0.4, 0.5) is 0 Å². The van der Waals surface area contributed by atoms with Gasteiger partial charge in [-0.1, -0.05) is 27.2 Å². The summed E-state index contributed by atoms with van der Waals surface area (Å²) in [5.74, 6) is 0.431. The fourth-order valence-electron chi connectivity index (χ4n) is 1.78. The molecule has 3 nitrogen and oxygen atoms in total. The first-order valence-corrected chi connectivity index (χ1v) is 4.80. The summed E-state index contributed by atoms with van der Waals surface area (Å²) in [6.07, 6.45) is 1.32. The van der Waals surface area contributed by atoms with Gasteiger partial charge in [0.2, 0.25) is 5.91 Å². The minimum absolute atomic E-state index is 0.0291. The van der Waals surface area contributed by atoms with Crippen molar-refractivity contribution in [3.63, 3.8) is 0 Å². The predicted molar refractivity (Wildman–Crippen MR) is 50.2 cm³/mol. The van der Waals surface area contributed by atoms with Crippen molar-refractivity contribution in [3.05, 3.63) is 0 Å². The van der Waals surface area contributed by atoms with Crippen molar-refractivity contribution in [2.24, 2.45) is 11.3 Å². The second kappa shape index (κ2) is 3.48. The first kappa shape index (κ1) is 10.2. The maximum Gasteiger partial charge on any atom is 0.227 e. The highest BCUT2D eigenvalue weighted by Crippen LogP contribution is 2.35. The van der Waals surface area contributed by atoms with E-state index in [0.29, 0.717) is 6.42 Å². The maximum absolute atomic E-state index is 11.6. The summed E-state index contributed by atoms with van der Waals surface area (Å²) in [5.41, 5.74) is -0.482. The molecule has 13 heavy (non-hydrogen) atoms. The fraction of sp³-hybridized carbons (Fsp3) is 0.800. The Hall–Kier alpha value is -0.860. The topological polar surface area (TPSA) is 46.2 Å². The van der Waals surface area contributed by atoms with E-state index in [4.69, 9.17) is 0 Å². The van der Waals surface area contributed by atoms with Crippen molar-refractivity contribution in [1.82, 2.24) is 5.32 Å². The monoisotopic (exact) mass is 183 g/mol. The normalized spacial score (nSPS) is 31.3. The summed E-state index contributed by atoms with van der Waals surface area (Å²) in [5, 5.41) is 2.65. The number of piperidine rings is 1. The van der Waals surface area contributed by atoms with Crippen molar-refractivity contribution in [1.29, 1.82) is 0 Å². The second-order valence-corrected chi connectivity index (χ2v) is 4.12. The number of rotatable bonds is 2. The van der Waals surface area contributed by atoms with Crippen molar-refractivity contribution < 1.29 is 9.59 Å². The summed E-state index contributed by atoms with van der Waals surface area (Å²) in [6.45, 7) is 6.17. The van der Waals surface area contributed by atoms with Crippen molar-refractivity contribution in [2.75, 3.05) is 6.54 Å². The quantitative estimate of drug-likeness (QED) is 0.697. The summed E-state index contributed by atoms with van der Waals surface area (Å²) >= 11 is 0. The standard InChI is InChI=1S/C10H17NO2/c1-4-7(2)10(3)5-8(12)6-11-9(10)13/h7H,4-6H2,1-3H3,(H,11,13). The van der Waals surface area contributed by atoms with Crippen LogP contribution in [0, 0.1) is 11.3 Å². The van der Waals surface area contributed by atoms with Crippen LogP contribution in [0.2, 0.25) is 0 Å². The number of hydrogen-bond donors (Lipinski definition) is 1. The third-order valence-corrected chi connectivity index (χ3v) is 3.23. The Balaban J connectivity index is 2.84. The van der Waals surface area contributed by atoms with Gasteiger partial charge in [-0.15, -0.1) is 0 Å². The van der Waals surface area contributed by atoms with E-state index in [2.05, 4.69) is 5.32 Å². The number of nitrogens with one attached hydrogen (secondary N) is 1. The summed E-state index contributed by atoms with van der Waals surface area (Å²) in [4.78, 5) is 22.8. The second-order valence-electron chi connectivity index (χ2n) is 4.12. The maximum atomic E-state index is 11.6. The van der Waals surface area contributed by atoms with E-state index in [1.165, 1.54) is 0 Å².